The van der Waals surface area contributed by atoms with E-state index < -0.39 is 28.8 Å². The molecule has 2 aliphatic heterocycles. The number of rotatable bonds is 0. The molecule has 2 aliphatic carbocycles. The van der Waals surface area contributed by atoms with Crippen LogP contribution in [-0.2, 0) is 4.79 Å². The number of carbonyl (C=O) groups excluding carboxylic acids is 1. The van der Waals surface area contributed by atoms with Gasteiger partial charge in [0.05, 0.1) is 23.3 Å². The maximum absolute atomic E-state index is 12.9. The van der Waals surface area contributed by atoms with Crippen molar-refractivity contribution in [2.24, 2.45) is 11.3 Å². The van der Waals surface area contributed by atoms with Crippen molar-refractivity contribution in [3.05, 3.63) is 0 Å². The molecule has 0 bridgehead atoms. The van der Waals surface area contributed by atoms with Gasteiger partial charge in [0, 0.05) is 24.2 Å². The summed E-state index contributed by atoms with van der Waals surface area (Å²) in [6.07, 6.45) is 2.34. The molecule has 4 aliphatic rings. The molecule has 0 aromatic rings. The smallest absolute Gasteiger partial charge is 0.154 e. The van der Waals surface area contributed by atoms with Gasteiger partial charge in [-0.2, -0.15) is 0 Å². The second kappa shape index (κ2) is 4.07. The minimum Gasteiger partial charge on any atom is -0.392 e. The number of nitrogens with zero attached hydrogens (tertiary/aromatic N) is 1. The lowest BCUT2D eigenvalue weighted by Crippen LogP contribution is -2.71. The van der Waals surface area contributed by atoms with Crippen molar-refractivity contribution in [1.82, 2.24) is 4.90 Å². The average Bonchev–Trinajstić information content (AvgIpc) is 2.96. The van der Waals surface area contributed by atoms with Gasteiger partial charge in [-0.15, -0.1) is 0 Å². The molecule has 2 heterocycles. The summed E-state index contributed by atoms with van der Waals surface area (Å²) >= 11 is 0. The van der Waals surface area contributed by atoms with Crippen LogP contribution in [0.15, 0.2) is 0 Å². The van der Waals surface area contributed by atoms with Gasteiger partial charge < -0.3 is 15.3 Å². The second-order valence-corrected chi connectivity index (χ2v) is 7.85. The zero-order valence-electron chi connectivity index (χ0n) is 12.6. The molecule has 4 rings (SSSR count). The van der Waals surface area contributed by atoms with Gasteiger partial charge in [-0.05, 0) is 45.7 Å². The first-order valence-corrected chi connectivity index (χ1v) is 8.23. The lowest BCUT2D eigenvalue weighted by atomic mass is 9.52. The van der Waals surface area contributed by atoms with E-state index in [-0.39, 0.29) is 18.1 Å². The number of Topliss-reactive ketones (excluding diaryl/α,β-unsaturated/α-hetero) is 1. The van der Waals surface area contributed by atoms with Gasteiger partial charge in [-0.25, -0.2) is 0 Å². The van der Waals surface area contributed by atoms with Crippen molar-refractivity contribution >= 4 is 5.78 Å². The zero-order valence-corrected chi connectivity index (χ0v) is 12.6. The molecule has 2 saturated carbocycles. The number of hydrogen-bond donors (Lipinski definition) is 3. The Morgan fingerprint density at radius 2 is 1.86 bits per heavy atom. The third kappa shape index (κ3) is 1.39. The minimum absolute atomic E-state index is 0.160. The first kappa shape index (κ1) is 14.1. The molecular weight excluding hydrogens is 270 g/mol. The number of aliphatic hydroxyl groups is 3. The molecule has 0 amide bonds. The molecule has 0 radical (unpaired) electrons. The normalized spacial score (nSPS) is 57.0. The van der Waals surface area contributed by atoms with Gasteiger partial charge in [-0.1, -0.05) is 0 Å². The van der Waals surface area contributed by atoms with E-state index in [4.69, 9.17) is 0 Å². The average molecular weight is 295 g/mol. The molecular formula is C16H25NO4. The van der Waals surface area contributed by atoms with Crippen molar-refractivity contribution in [1.29, 1.82) is 0 Å². The van der Waals surface area contributed by atoms with Crippen molar-refractivity contribution < 1.29 is 20.1 Å². The molecule has 2 spiro atoms. The summed E-state index contributed by atoms with van der Waals surface area (Å²) in [5, 5.41) is 32.0. The third-order valence-electron chi connectivity index (χ3n) is 7.04. The number of carbonyl (C=O) groups is 1. The largest absolute Gasteiger partial charge is 0.392 e. The van der Waals surface area contributed by atoms with Crippen LogP contribution < -0.4 is 0 Å². The zero-order chi connectivity index (χ0) is 15.0. The number of aliphatic hydroxyl groups excluding tert-OH is 2. The molecule has 21 heavy (non-hydrogen) atoms. The Balaban J connectivity index is 1.89. The van der Waals surface area contributed by atoms with Gasteiger partial charge in [0.25, 0.3) is 0 Å². The fourth-order valence-electron chi connectivity index (χ4n) is 6.30. The standard InChI is InChI=1S/C16H25NO4/c1-14(21)9-12(19)15-4-2-6-17-7-3-5-16(15,17)11(18)8-10(15)13(14)20/h10,12-13,19-21H,2-9H2,1H3/t10?,12-,13+,14+,15+,16-/m0/s1. The Bertz CT molecular complexity index is 493. The molecule has 4 fully saturated rings. The van der Waals surface area contributed by atoms with Crippen LogP contribution in [0.25, 0.3) is 0 Å². The maximum atomic E-state index is 12.9. The van der Waals surface area contributed by atoms with Gasteiger partial charge in [0.1, 0.15) is 0 Å². The van der Waals surface area contributed by atoms with E-state index in [1.165, 1.54) is 0 Å². The summed E-state index contributed by atoms with van der Waals surface area (Å²) in [7, 11) is 0. The summed E-state index contributed by atoms with van der Waals surface area (Å²) in [5.74, 6) is -0.134. The summed E-state index contributed by atoms with van der Waals surface area (Å²) in [4.78, 5) is 15.2. The van der Waals surface area contributed by atoms with Crippen molar-refractivity contribution in [3.63, 3.8) is 0 Å². The summed E-state index contributed by atoms with van der Waals surface area (Å²) in [5.41, 5.74) is -2.44. The van der Waals surface area contributed by atoms with Crippen LogP contribution in [0.5, 0.6) is 0 Å². The van der Waals surface area contributed by atoms with Gasteiger partial charge in [0.2, 0.25) is 0 Å². The highest BCUT2D eigenvalue weighted by molar-refractivity contribution is 5.93. The van der Waals surface area contributed by atoms with Crippen LogP contribution in [0, 0.1) is 11.3 Å². The molecule has 1 unspecified atom stereocenters. The Kier molecular flexibility index (Phi) is 2.74. The van der Waals surface area contributed by atoms with Gasteiger partial charge in [-0.3, -0.25) is 9.69 Å². The minimum atomic E-state index is -1.30. The van der Waals surface area contributed by atoms with E-state index in [9.17, 15) is 20.1 Å². The Morgan fingerprint density at radius 1 is 1.19 bits per heavy atom. The third-order valence-corrected chi connectivity index (χ3v) is 7.04. The molecule has 0 aromatic heterocycles. The molecule has 0 aromatic carbocycles. The van der Waals surface area contributed by atoms with Crippen LogP contribution >= 0.6 is 0 Å². The van der Waals surface area contributed by atoms with E-state index in [0.29, 0.717) is 6.42 Å². The van der Waals surface area contributed by atoms with Crippen LogP contribution in [0.3, 0.4) is 0 Å². The van der Waals surface area contributed by atoms with E-state index in [1.807, 2.05) is 0 Å². The lowest BCUT2D eigenvalue weighted by Gasteiger charge is -2.60. The quantitative estimate of drug-likeness (QED) is 0.589. The van der Waals surface area contributed by atoms with Crippen LogP contribution in [0.2, 0.25) is 0 Å². The summed E-state index contributed by atoms with van der Waals surface area (Å²) in [6.45, 7) is 3.41. The van der Waals surface area contributed by atoms with E-state index in [1.54, 1.807) is 6.92 Å². The Morgan fingerprint density at radius 3 is 2.57 bits per heavy atom. The lowest BCUT2D eigenvalue weighted by molar-refractivity contribution is -0.229. The first-order valence-electron chi connectivity index (χ1n) is 8.23. The highest BCUT2D eigenvalue weighted by Gasteiger charge is 2.75. The number of ketones is 1. The predicted molar refractivity (Wildman–Crippen MR) is 75.6 cm³/mol. The highest BCUT2D eigenvalue weighted by Crippen LogP contribution is 2.66. The van der Waals surface area contributed by atoms with Gasteiger partial charge in [0.15, 0.2) is 5.78 Å². The molecule has 5 nitrogen and oxygen atoms in total. The molecule has 6 atom stereocenters. The molecule has 3 N–H and O–H groups in total. The van der Waals surface area contributed by atoms with E-state index in [2.05, 4.69) is 4.90 Å². The molecule has 118 valence electrons. The topological polar surface area (TPSA) is 81.0 Å². The van der Waals surface area contributed by atoms with E-state index >= 15 is 0 Å². The fraction of sp³-hybridized carbons (Fsp3) is 0.938. The second-order valence-electron chi connectivity index (χ2n) is 7.85. The Hall–Kier alpha value is -0.490. The predicted octanol–water partition coefficient (Wildman–Crippen LogP) is 0.0667. The monoisotopic (exact) mass is 295 g/mol. The SMILES string of the molecule is C[C@@]1(O)C[C@H](O)[C@]23CCCN4CCC[C@@]42C(=O)CC3[C@H]1O. The number of piperidine rings is 1. The van der Waals surface area contributed by atoms with Crippen LogP contribution in [0.4, 0.5) is 0 Å². The van der Waals surface area contributed by atoms with E-state index in [0.717, 1.165) is 38.8 Å². The van der Waals surface area contributed by atoms with Crippen molar-refractivity contribution in [2.75, 3.05) is 13.1 Å². The maximum Gasteiger partial charge on any atom is 0.154 e. The van der Waals surface area contributed by atoms with Crippen molar-refractivity contribution in [3.8, 4) is 0 Å². The van der Waals surface area contributed by atoms with Crippen LogP contribution in [0.1, 0.15) is 45.4 Å². The summed E-state index contributed by atoms with van der Waals surface area (Å²) < 4.78 is 0. The van der Waals surface area contributed by atoms with Crippen molar-refractivity contribution in [2.45, 2.75) is 68.8 Å². The van der Waals surface area contributed by atoms with Crippen LogP contribution in [-0.4, -0.2) is 62.4 Å². The molecule has 5 heteroatoms. The molecule has 2 saturated heterocycles. The number of hydrogen-bond acceptors (Lipinski definition) is 5. The van der Waals surface area contributed by atoms with Gasteiger partial charge >= 0.3 is 0 Å². The summed E-state index contributed by atoms with van der Waals surface area (Å²) in [6, 6.07) is 0. The fourth-order valence-corrected chi connectivity index (χ4v) is 6.30. The first-order chi connectivity index (χ1) is 9.86. The Labute approximate surface area is 124 Å². The highest BCUT2D eigenvalue weighted by atomic mass is 16.3.